The Morgan fingerprint density at radius 1 is 0.943 bits per heavy atom. The van der Waals surface area contributed by atoms with E-state index < -0.39 is 0 Å². The molecule has 2 N–H and O–H groups in total. The molecule has 1 saturated heterocycles. The predicted molar refractivity (Wildman–Crippen MR) is 142 cm³/mol. The zero-order valence-corrected chi connectivity index (χ0v) is 19.8. The Labute approximate surface area is 205 Å². The van der Waals surface area contributed by atoms with Crippen LogP contribution < -0.4 is 5.73 Å². The number of benzene rings is 2. The molecule has 6 nitrogen and oxygen atoms in total. The molecule has 7 rings (SSSR count). The Morgan fingerprint density at radius 3 is 2.57 bits per heavy atom. The third-order valence-electron chi connectivity index (χ3n) is 8.17. The van der Waals surface area contributed by atoms with Gasteiger partial charge in [0.1, 0.15) is 18.3 Å². The van der Waals surface area contributed by atoms with Crippen LogP contribution in [0, 0.1) is 5.92 Å². The van der Waals surface area contributed by atoms with Crippen LogP contribution in [0.15, 0.2) is 76.2 Å². The van der Waals surface area contributed by atoms with E-state index in [0.717, 1.165) is 40.2 Å². The lowest BCUT2D eigenvalue weighted by Crippen LogP contribution is -2.52. The van der Waals surface area contributed by atoms with Gasteiger partial charge in [-0.2, -0.15) is 0 Å². The van der Waals surface area contributed by atoms with E-state index >= 15 is 0 Å². The van der Waals surface area contributed by atoms with Gasteiger partial charge in [0.05, 0.1) is 11.2 Å². The number of likely N-dealkylation sites (tertiary alicyclic amines) is 1. The number of nitrogens with zero attached hydrogens (tertiary/aromatic N) is 5. The second-order valence-electron chi connectivity index (χ2n) is 10.3. The van der Waals surface area contributed by atoms with Crippen molar-refractivity contribution in [3.05, 3.63) is 71.8 Å². The molecule has 1 unspecified atom stereocenters. The first-order chi connectivity index (χ1) is 17.2. The molecule has 1 aliphatic carbocycles. The van der Waals surface area contributed by atoms with Crippen LogP contribution in [0.1, 0.15) is 24.8 Å². The lowest BCUT2D eigenvalue weighted by Gasteiger charge is -2.46. The van der Waals surface area contributed by atoms with Crippen molar-refractivity contribution < 1.29 is 0 Å². The molecule has 6 heteroatoms. The highest BCUT2D eigenvalue weighted by Crippen LogP contribution is 2.42. The Hall–Kier alpha value is -3.35. The van der Waals surface area contributed by atoms with Gasteiger partial charge in [0.25, 0.3) is 0 Å². The minimum absolute atomic E-state index is 0.0169. The van der Waals surface area contributed by atoms with Gasteiger partial charge < -0.3 is 10.6 Å². The summed E-state index contributed by atoms with van der Waals surface area (Å²) in [6, 6.07) is 21.7. The Bertz CT molecular complexity index is 1360. The number of pyridine rings is 1. The number of nitrogens with two attached hydrogens (primary N) is 1. The van der Waals surface area contributed by atoms with Crippen molar-refractivity contribution in [2.24, 2.45) is 21.6 Å². The van der Waals surface area contributed by atoms with E-state index in [1.807, 2.05) is 6.07 Å². The van der Waals surface area contributed by atoms with Gasteiger partial charge in [-0.15, -0.1) is 0 Å². The SMILES string of the molecule is NC1=NC=NC2C1=C(c1ccc3ccc(-c4ccccc4)nc3c1)CN2C1CC(CN2CCC2)C1. The van der Waals surface area contributed by atoms with Crippen molar-refractivity contribution in [2.45, 2.75) is 31.5 Å². The maximum Gasteiger partial charge on any atom is 0.134 e. The first kappa shape index (κ1) is 21.0. The molecule has 2 fully saturated rings. The smallest absolute Gasteiger partial charge is 0.134 e. The van der Waals surface area contributed by atoms with Crippen LogP contribution in [-0.2, 0) is 0 Å². The van der Waals surface area contributed by atoms with Crippen molar-refractivity contribution in [3.8, 4) is 11.3 Å². The fourth-order valence-corrected chi connectivity index (χ4v) is 6.05. The highest BCUT2D eigenvalue weighted by atomic mass is 15.3. The van der Waals surface area contributed by atoms with Crippen molar-refractivity contribution in [3.63, 3.8) is 0 Å². The lowest BCUT2D eigenvalue weighted by molar-refractivity contribution is 0.0399. The van der Waals surface area contributed by atoms with E-state index in [-0.39, 0.29) is 6.17 Å². The Morgan fingerprint density at radius 2 is 1.77 bits per heavy atom. The summed E-state index contributed by atoms with van der Waals surface area (Å²) in [7, 11) is 0. The molecule has 0 amide bonds. The summed E-state index contributed by atoms with van der Waals surface area (Å²) >= 11 is 0. The van der Waals surface area contributed by atoms with Crippen molar-refractivity contribution in [2.75, 3.05) is 26.2 Å². The molecule has 2 aromatic carbocycles. The first-order valence-corrected chi connectivity index (χ1v) is 12.8. The second kappa shape index (κ2) is 8.40. The highest BCUT2D eigenvalue weighted by molar-refractivity contribution is 6.10. The van der Waals surface area contributed by atoms with Crippen molar-refractivity contribution in [1.29, 1.82) is 0 Å². The third kappa shape index (κ3) is 3.68. The molecular weight excluding hydrogens is 432 g/mol. The van der Waals surface area contributed by atoms with Crippen LogP contribution >= 0.6 is 0 Å². The minimum Gasteiger partial charge on any atom is -0.383 e. The molecular formula is C29H30N6. The number of hydrogen-bond acceptors (Lipinski definition) is 6. The first-order valence-electron chi connectivity index (χ1n) is 12.8. The van der Waals surface area contributed by atoms with E-state index in [2.05, 4.69) is 69.4 Å². The summed E-state index contributed by atoms with van der Waals surface area (Å²) in [5.74, 6) is 1.41. The normalized spacial score (nSPS) is 26.4. The van der Waals surface area contributed by atoms with Gasteiger partial charge in [0.2, 0.25) is 0 Å². The lowest BCUT2D eigenvalue weighted by atomic mass is 9.78. The number of aromatic nitrogens is 1. The molecule has 1 aromatic heterocycles. The maximum atomic E-state index is 6.45. The average molecular weight is 463 g/mol. The van der Waals surface area contributed by atoms with Crippen LogP contribution in [-0.4, -0.2) is 65.3 Å². The molecule has 0 spiro atoms. The standard InChI is InChI=1S/C29H30N6/c30-28-27-24(17-35(29(27)32-18-31-28)23-13-19(14-23)16-34-11-4-12-34)22-8-7-21-9-10-25(33-26(21)15-22)20-5-2-1-3-6-20/h1-3,5-10,15,18-19,23,29H,4,11-14,16-17H2,(H2,30,31,32). The van der Waals surface area contributed by atoms with Gasteiger partial charge in [0, 0.05) is 35.7 Å². The molecule has 0 radical (unpaired) electrons. The van der Waals surface area contributed by atoms with Crippen LogP contribution in [0.5, 0.6) is 0 Å². The monoisotopic (exact) mass is 462 g/mol. The number of hydrogen-bond donors (Lipinski definition) is 1. The Balaban J connectivity index is 1.19. The zero-order valence-electron chi connectivity index (χ0n) is 19.8. The van der Waals surface area contributed by atoms with Crippen LogP contribution in [0.25, 0.3) is 27.7 Å². The van der Waals surface area contributed by atoms with E-state index in [0.29, 0.717) is 11.9 Å². The molecule has 0 bridgehead atoms. The van der Waals surface area contributed by atoms with Crippen molar-refractivity contribution >= 4 is 28.7 Å². The fourth-order valence-electron chi connectivity index (χ4n) is 6.05. The van der Waals surface area contributed by atoms with Gasteiger partial charge >= 0.3 is 0 Å². The van der Waals surface area contributed by atoms with E-state index in [1.54, 1.807) is 6.34 Å². The molecule has 4 heterocycles. The van der Waals surface area contributed by atoms with Crippen LogP contribution in [0.3, 0.4) is 0 Å². The molecule has 3 aliphatic heterocycles. The maximum absolute atomic E-state index is 6.45. The number of fused-ring (bicyclic) bond motifs is 2. The van der Waals surface area contributed by atoms with Gasteiger partial charge in [0.15, 0.2) is 0 Å². The molecule has 35 heavy (non-hydrogen) atoms. The van der Waals surface area contributed by atoms with Gasteiger partial charge in [-0.05, 0) is 61.5 Å². The van der Waals surface area contributed by atoms with E-state index in [9.17, 15) is 0 Å². The minimum atomic E-state index is -0.0169. The molecule has 176 valence electrons. The summed E-state index contributed by atoms with van der Waals surface area (Å²) in [6.07, 6.45) is 5.49. The summed E-state index contributed by atoms with van der Waals surface area (Å²) in [5.41, 5.74) is 13.1. The predicted octanol–water partition coefficient (Wildman–Crippen LogP) is 4.18. The molecule has 1 saturated carbocycles. The number of aliphatic imine (C=N–C) groups is 2. The summed E-state index contributed by atoms with van der Waals surface area (Å²) in [6.45, 7) is 4.68. The molecule has 4 aliphatic rings. The van der Waals surface area contributed by atoms with Crippen molar-refractivity contribution in [1.82, 2.24) is 14.8 Å². The topological polar surface area (TPSA) is 70.1 Å². The quantitative estimate of drug-likeness (QED) is 0.618. The second-order valence-corrected chi connectivity index (χ2v) is 10.3. The Kier molecular flexibility index (Phi) is 5.03. The fraction of sp³-hybridized carbons (Fsp3) is 0.345. The molecule has 1 atom stereocenters. The summed E-state index contributed by atoms with van der Waals surface area (Å²) in [4.78, 5) is 19.3. The van der Waals surface area contributed by atoms with Gasteiger partial charge in [-0.1, -0.05) is 48.5 Å². The van der Waals surface area contributed by atoms with E-state index in [4.69, 9.17) is 15.7 Å². The van der Waals surface area contributed by atoms with Crippen LogP contribution in [0.4, 0.5) is 0 Å². The summed E-state index contributed by atoms with van der Waals surface area (Å²) in [5, 5.41) is 1.14. The van der Waals surface area contributed by atoms with Gasteiger partial charge in [-0.3, -0.25) is 4.90 Å². The van der Waals surface area contributed by atoms with E-state index in [1.165, 1.54) is 50.0 Å². The van der Waals surface area contributed by atoms with Crippen LogP contribution in [0.2, 0.25) is 0 Å². The number of amidine groups is 1. The summed E-state index contributed by atoms with van der Waals surface area (Å²) < 4.78 is 0. The average Bonchev–Trinajstić information content (AvgIpc) is 3.22. The zero-order chi connectivity index (χ0) is 23.4. The molecule has 3 aromatic rings. The highest BCUT2D eigenvalue weighted by Gasteiger charge is 2.44. The van der Waals surface area contributed by atoms with Gasteiger partial charge in [-0.25, -0.2) is 15.0 Å². The third-order valence-corrected chi connectivity index (χ3v) is 8.17. The number of rotatable bonds is 5. The largest absolute Gasteiger partial charge is 0.383 e.